The van der Waals surface area contributed by atoms with Gasteiger partial charge in [-0.1, -0.05) is 36.4 Å². The molecule has 0 N–H and O–H groups in total. The van der Waals surface area contributed by atoms with Gasteiger partial charge in [0.2, 0.25) is 5.91 Å². The number of hydrogen-bond acceptors (Lipinski definition) is 1. The summed E-state index contributed by atoms with van der Waals surface area (Å²) in [5, 5.41) is 0. The van der Waals surface area contributed by atoms with E-state index in [9.17, 15) is 4.79 Å². The highest BCUT2D eigenvalue weighted by Crippen LogP contribution is 2.33. The van der Waals surface area contributed by atoms with Crippen molar-refractivity contribution in [3.05, 3.63) is 42.0 Å². The third kappa shape index (κ3) is 1.37. The van der Waals surface area contributed by atoms with E-state index in [0.29, 0.717) is 11.9 Å². The average molecular weight is 199 g/mol. The van der Waals surface area contributed by atoms with Gasteiger partial charge in [-0.2, -0.15) is 0 Å². The summed E-state index contributed by atoms with van der Waals surface area (Å²) in [6.07, 6.45) is 3.95. The molecule has 76 valence electrons. The van der Waals surface area contributed by atoms with Gasteiger partial charge in [0.15, 0.2) is 0 Å². The smallest absolute Gasteiger partial charge is 0.225 e. The van der Waals surface area contributed by atoms with Crippen LogP contribution < -0.4 is 0 Å². The first-order valence-corrected chi connectivity index (χ1v) is 5.38. The second kappa shape index (κ2) is 3.23. The van der Waals surface area contributed by atoms with Crippen molar-refractivity contribution in [1.82, 2.24) is 4.90 Å². The van der Waals surface area contributed by atoms with E-state index in [1.54, 1.807) is 0 Å². The van der Waals surface area contributed by atoms with E-state index >= 15 is 0 Å². The Morgan fingerprint density at radius 2 is 1.93 bits per heavy atom. The first-order valence-electron chi connectivity index (χ1n) is 5.38. The zero-order valence-corrected chi connectivity index (χ0v) is 8.52. The fraction of sp³-hybridized carbons (Fsp3) is 0.308. The molecule has 2 heteroatoms. The van der Waals surface area contributed by atoms with E-state index in [0.717, 1.165) is 19.4 Å². The zero-order valence-electron chi connectivity index (χ0n) is 8.52. The maximum atomic E-state index is 11.2. The van der Waals surface area contributed by atoms with Gasteiger partial charge in [-0.25, -0.2) is 0 Å². The Morgan fingerprint density at radius 3 is 2.60 bits per heavy atom. The summed E-state index contributed by atoms with van der Waals surface area (Å²) in [7, 11) is 0. The lowest BCUT2D eigenvalue weighted by molar-refractivity contribution is -0.144. The van der Waals surface area contributed by atoms with Crippen LogP contribution in [-0.2, 0) is 4.79 Å². The lowest BCUT2D eigenvalue weighted by Gasteiger charge is -2.43. The van der Waals surface area contributed by atoms with E-state index in [1.165, 1.54) is 11.1 Å². The Balaban J connectivity index is 1.85. The quantitative estimate of drug-likeness (QED) is 0.634. The van der Waals surface area contributed by atoms with E-state index in [-0.39, 0.29) is 0 Å². The lowest BCUT2D eigenvalue weighted by Crippen LogP contribution is -2.54. The second-order valence-electron chi connectivity index (χ2n) is 4.20. The summed E-state index contributed by atoms with van der Waals surface area (Å²) in [6, 6.07) is 10.9. The van der Waals surface area contributed by atoms with Gasteiger partial charge < -0.3 is 4.90 Å². The molecule has 0 aliphatic carbocycles. The molecule has 2 nitrogen and oxygen atoms in total. The van der Waals surface area contributed by atoms with Gasteiger partial charge in [0.1, 0.15) is 0 Å². The topological polar surface area (TPSA) is 20.3 Å². The van der Waals surface area contributed by atoms with Gasteiger partial charge >= 0.3 is 0 Å². The molecule has 0 aromatic heterocycles. The molecule has 0 spiro atoms. The van der Waals surface area contributed by atoms with Crippen LogP contribution in [0.25, 0.3) is 5.57 Å². The van der Waals surface area contributed by atoms with Crippen LogP contribution in [0.2, 0.25) is 0 Å². The maximum absolute atomic E-state index is 11.2. The molecule has 1 fully saturated rings. The molecule has 2 aliphatic heterocycles. The summed E-state index contributed by atoms with van der Waals surface area (Å²) in [5.74, 6) is 0.309. The predicted octanol–water partition coefficient (Wildman–Crippen LogP) is 2.07. The SMILES string of the molecule is O=C1CC2CC(c3ccccc3)=CCN12. The van der Waals surface area contributed by atoms with Crippen molar-refractivity contribution in [1.29, 1.82) is 0 Å². The van der Waals surface area contributed by atoms with Crippen molar-refractivity contribution in [2.45, 2.75) is 18.9 Å². The molecule has 3 rings (SSSR count). The van der Waals surface area contributed by atoms with Crippen molar-refractivity contribution in [3.63, 3.8) is 0 Å². The number of nitrogens with zero attached hydrogens (tertiary/aromatic N) is 1. The highest BCUT2D eigenvalue weighted by atomic mass is 16.2. The van der Waals surface area contributed by atoms with Crippen molar-refractivity contribution in [2.24, 2.45) is 0 Å². The van der Waals surface area contributed by atoms with E-state index in [2.05, 4.69) is 30.3 Å². The molecule has 1 aromatic rings. The fourth-order valence-electron chi connectivity index (χ4n) is 2.39. The summed E-state index contributed by atoms with van der Waals surface area (Å²) in [4.78, 5) is 13.2. The van der Waals surface area contributed by atoms with Crippen LogP contribution in [-0.4, -0.2) is 23.4 Å². The van der Waals surface area contributed by atoms with Crippen molar-refractivity contribution in [3.8, 4) is 0 Å². The van der Waals surface area contributed by atoms with Crippen LogP contribution in [0.15, 0.2) is 36.4 Å². The van der Waals surface area contributed by atoms with Crippen LogP contribution in [0.3, 0.4) is 0 Å². The molecular formula is C13H13NO. The Bertz CT molecular complexity index is 421. The summed E-state index contributed by atoms with van der Waals surface area (Å²) >= 11 is 0. The third-order valence-corrected chi connectivity index (χ3v) is 3.31. The highest BCUT2D eigenvalue weighted by molar-refractivity contribution is 5.85. The molecule has 1 amide bonds. The molecule has 0 radical (unpaired) electrons. The number of carbonyl (C=O) groups excluding carboxylic acids is 1. The van der Waals surface area contributed by atoms with Gasteiger partial charge in [0.05, 0.1) is 0 Å². The molecule has 0 saturated carbocycles. The number of β-lactam (4-membered cyclic amide) rings is 1. The van der Waals surface area contributed by atoms with Gasteiger partial charge in [-0.05, 0) is 17.6 Å². The van der Waals surface area contributed by atoms with E-state index < -0.39 is 0 Å². The van der Waals surface area contributed by atoms with Crippen LogP contribution in [0, 0.1) is 0 Å². The number of carbonyl (C=O) groups is 1. The Labute approximate surface area is 89.2 Å². The van der Waals surface area contributed by atoms with E-state index in [1.807, 2.05) is 11.0 Å². The summed E-state index contributed by atoms with van der Waals surface area (Å²) < 4.78 is 0. The normalized spacial score (nSPS) is 24.3. The molecular weight excluding hydrogens is 186 g/mol. The molecule has 2 heterocycles. The predicted molar refractivity (Wildman–Crippen MR) is 59.2 cm³/mol. The molecule has 2 aliphatic rings. The highest BCUT2D eigenvalue weighted by Gasteiger charge is 2.37. The van der Waals surface area contributed by atoms with E-state index in [4.69, 9.17) is 0 Å². The number of amides is 1. The number of fused-ring (bicyclic) bond motifs is 1. The van der Waals surface area contributed by atoms with Gasteiger partial charge in [-0.3, -0.25) is 4.79 Å². The summed E-state index contributed by atoms with van der Waals surface area (Å²) in [6.45, 7) is 0.799. The van der Waals surface area contributed by atoms with Crippen molar-refractivity contribution >= 4 is 11.5 Å². The van der Waals surface area contributed by atoms with Gasteiger partial charge in [-0.15, -0.1) is 0 Å². The zero-order chi connectivity index (χ0) is 10.3. The standard InChI is InChI=1S/C13H13NO/c15-13-9-12-8-11(6-7-14(12)13)10-4-2-1-3-5-10/h1-6,12H,7-9H2. The molecule has 1 atom stereocenters. The fourth-order valence-corrected chi connectivity index (χ4v) is 2.39. The monoisotopic (exact) mass is 199 g/mol. The molecule has 1 aromatic carbocycles. The van der Waals surface area contributed by atoms with Gasteiger partial charge in [0, 0.05) is 19.0 Å². The minimum Gasteiger partial charge on any atom is -0.335 e. The third-order valence-electron chi connectivity index (χ3n) is 3.31. The number of rotatable bonds is 1. The Hall–Kier alpha value is -1.57. The maximum Gasteiger partial charge on any atom is 0.225 e. The number of benzene rings is 1. The van der Waals surface area contributed by atoms with Gasteiger partial charge in [0.25, 0.3) is 0 Å². The van der Waals surface area contributed by atoms with Crippen LogP contribution in [0.5, 0.6) is 0 Å². The van der Waals surface area contributed by atoms with Crippen LogP contribution in [0.4, 0.5) is 0 Å². The first-order chi connectivity index (χ1) is 7.34. The number of hydrogen-bond donors (Lipinski definition) is 0. The summed E-state index contributed by atoms with van der Waals surface area (Å²) in [5.41, 5.74) is 2.70. The van der Waals surface area contributed by atoms with Crippen molar-refractivity contribution in [2.75, 3.05) is 6.54 Å². The largest absolute Gasteiger partial charge is 0.335 e. The first kappa shape index (κ1) is 8.72. The Kier molecular flexibility index (Phi) is 1.88. The minimum atomic E-state index is 0.309. The molecule has 1 unspecified atom stereocenters. The molecule has 15 heavy (non-hydrogen) atoms. The minimum absolute atomic E-state index is 0.309. The van der Waals surface area contributed by atoms with Crippen LogP contribution >= 0.6 is 0 Å². The molecule has 1 saturated heterocycles. The van der Waals surface area contributed by atoms with Crippen LogP contribution in [0.1, 0.15) is 18.4 Å². The Morgan fingerprint density at radius 1 is 1.13 bits per heavy atom. The second-order valence-corrected chi connectivity index (χ2v) is 4.20. The van der Waals surface area contributed by atoms with Crippen molar-refractivity contribution < 1.29 is 4.79 Å². The average Bonchev–Trinajstić information content (AvgIpc) is 2.28. The lowest BCUT2D eigenvalue weighted by atomic mass is 9.87. The molecule has 0 bridgehead atoms.